The van der Waals surface area contributed by atoms with Crippen LogP contribution < -0.4 is 11.1 Å². The fourth-order valence-electron chi connectivity index (χ4n) is 2.51. The molecule has 5 nitrogen and oxygen atoms in total. The van der Waals surface area contributed by atoms with Crippen molar-refractivity contribution in [2.24, 2.45) is 0 Å². The summed E-state index contributed by atoms with van der Waals surface area (Å²) in [5.74, 6) is -0.674. The average molecular weight is 384 g/mol. The number of H-pyrrole nitrogens is 1. The number of aromatic nitrogens is 2. The second-order valence-electron chi connectivity index (χ2n) is 5.46. The summed E-state index contributed by atoms with van der Waals surface area (Å²) < 4.78 is 0. The van der Waals surface area contributed by atoms with Crippen molar-refractivity contribution in [3.8, 4) is 11.3 Å². The molecule has 3 rings (SSSR count). The van der Waals surface area contributed by atoms with Crippen molar-refractivity contribution in [1.29, 1.82) is 0 Å². The number of hydrogen-bond acceptors (Lipinski definition) is 3. The van der Waals surface area contributed by atoms with Gasteiger partial charge in [0, 0.05) is 39.6 Å². The number of benzene rings is 2. The Hall–Kier alpha value is -2.60. The van der Waals surface area contributed by atoms with Crippen molar-refractivity contribution in [3.63, 3.8) is 0 Å². The molecule has 0 spiro atoms. The molecule has 121 valence electrons. The Morgan fingerprint density at radius 2 is 2.12 bits per heavy atom. The van der Waals surface area contributed by atoms with E-state index in [4.69, 9.17) is 5.73 Å². The van der Waals surface area contributed by atoms with Crippen molar-refractivity contribution >= 4 is 33.2 Å². The molecule has 0 aliphatic rings. The quantitative estimate of drug-likeness (QED) is 0.638. The van der Waals surface area contributed by atoms with E-state index in [2.05, 4.69) is 31.4 Å². The zero-order chi connectivity index (χ0) is 17.1. The van der Waals surface area contributed by atoms with Gasteiger partial charge in [0.25, 0.3) is 5.91 Å². The number of rotatable bonds is 5. The van der Waals surface area contributed by atoms with Crippen LogP contribution in [0.15, 0.2) is 48.7 Å². The van der Waals surface area contributed by atoms with Crippen LogP contribution in [0.25, 0.3) is 11.3 Å². The van der Waals surface area contributed by atoms with E-state index in [1.54, 1.807) is 12.1 Å². The fraction of sp³-hybridized carbons (Fsp3) is 0.111. The lowest BCUT2D eigenvalue weighted by Gasteiger charge is -2.11. The maximum Gasteiger partial charge on any atom is 0.269 e. The van der Waals surface area contributed by atoms with Crippen LogP contribution in [0, 0.1) is 6.92 Å². The lowest BCUT2D eigenvalue weighted by Crippen LogP contribution is -2.01. The van der Waals surface area contributed by atoms with Crippen LogP contribution in [-0.4, -0.2) is 16.1 Å². The summed E-state index contributed by atoms with van der Waals surface area (Å²) in [7, 11) is 0. The Morgan fingerprint density at radius 1 is 1.29 bits per heavy atom. The third-order valence-electron chi connectivity index (χ3n) is 3.77. The molecule has 1 radical (unpaired) electrons. The van der Waals surface area contributed by atoms with E-state index in [1.165, 1.54) is 0 Å². The molecule has 1 amide bonds. The van der Waals surface area contributed by atoms with Crippen molar-refractivity contribution < 1.29 is 4.79 Å². The second-order valence-corrected chi connectivity index (χ2v) is 6.02. The monoisotopic (exact) mass is 383 g/mol. The van der Waals surface area contributed by atoms with Gasteiger partial charge in [0.1, 0.15) is 0 Å². The Bertz CT molecular complexity index is 888. The first kappa shape index (κ1) is 16.3. The zero-order valence-electron chi connectivity index (χ0n) is 13.1. The number of nitrogens with zero attached hydrogens (tertiary/aromatic N) is 1. The molecule has 0 aliphatic heterocycles. The van der Waals surface area contributed by atoms with Crippen molar-refractivity contribution in [3.05, 3.63) is 65.4 Å². The van der Waals surface area contributed by atoms with Crippen LogP contribution >= 0.6 is 15.9 Å². The summed E-state index contributed by atoms with van der Waals surface area (Å²) in [6.07, 6.45) is 1.88. The van der Waals surface area contributed by atoms with Gasteiger partial charge in [0.15, 0.2) is 0 Å². The molecule has 0 saturated carbocycles. The summed E-state index contributed by atoms with van der Waals surface area (Å²) in [6.45, 7) is 1.91. The number of hydrogen-bond donors (Lipinski definition) is 2. The molecule has 6 heteroatoms. The number of carbonyl (C=O) groups excluding carboxylic acids is 1. The molecule has 3 N–H and O–H groups in total. The first-order valence-corrected chi connectivity index (χ1v) is 8.53. The molecule has 0 bridgehead atoms. The van der Waals surface area contributed by atoms with Crippen LogP contribution in [0.2, 0.25) is 0 Å². The highest BCUT2D eigenvalue weighted by Gasteiger charge is 2.09. The Morgan fingerprint density at radius 3 is 2.83 bits per heavy atom. The van der Waals surface area contributed by atoms with E-state index in [1.807, 2.05) is 43.5 Å². The molecule has 0 aliphatic carbocycles. The smallest absolute Gasteiger partial charge is 0.269 e. The third-order valence-corrected chi connectivity index (χ3v) is 4.37. The van der Waals surface area contributed by atoms with Crippen LogP contribution in [0.3, 0.4) is 0 Å². The number of aromatic amines is 1. The lowest BCUT2D eigenvalue weighted by molar-refractivity contribution is 0.0992. The predicted molar refractivity (Wildman–Crippen MR) is 98.5 cm³/mol. The van der Waals surface area contributed by atoms with Gasteiger partial charge in [-0.2, -0.15) is 5.10 Å². The average Bonchev–Trinajstić information content (AvgIpc) is 3.05. The molecule has 0 saturated heterocycles. The molecule has 0 atom stereocenters. The van der Waals surface area contributed by atoms with E-state index >= 15 is 0 Å². The topological polar surface area (TPSA) is 81.6 Å². The number of carbonyl (C=O) groups is 1. The molecular formula is C18H16BrN4O. The van der Waals surface area contributed by atoms with Crippen LogP contribution in [0.5, 0.6) is 0 Å². The summed E-state index contributed by atoms with van der Waals surface area (Å²) in [5.41, 5.74) is 13.4. The Kier molecular flexibility index (Phi) is 4.66. The second kappa shape index (κ2) is 6.88. The molecule has 0 fully saturated rings. The van der Waals surface area contributed by atoms with Crippen molar-refractivity contribution in [1.82, 2.24) is 15.9 Å². The first-order valence-electron chi connectivity index (χ1n) is 7.41. The highest BCUT2D eigenvalue weighted by Crippen LogP contribution is 2.28. The fourth-order valence-corrected chi connectivity index (χ4v) is 2.94. The zero-order valence-corrected chi connectivity index (χ0v) is 14.6. The largest absolute Gasteiger partial charge is 0.355 e. The number of halogens is 1. The van der Waals surface area contributed by atoms with E-state index in [-0.39, 0.29) is 0 Å². The van der Waals surface area contributed by atoms with Gasteiger partial charge in [-0.3, -0.25) is 15.6 Å². The van der Waals surface area contributed by atoms with E-state index in [0.29, 0.717) is 5.56 Å². The van der Waals surface area contributed by atoms with Gasteiger partial charge >= 0.3 is 0 Å². The molecule has 1 aromatic heterocycles. The number of anilines is 2. The summed E-state index contributed by atoms with van der Waals surface area (Å²) in [5, 5.41) is 11.3. The summed E-state index contributed by atoms with van der Waals surface area (Å²) in [6, 6.07) is 13.2. The Labute approximate surface area is 148 Å². The number of nitrogens with one attached hydrogen (secondary N) is 3. The SMILES string of the molecule is Cc1cc(C([NH])=O)ccc1Nc1cccc(-c2n[nH]cc2CBr)c1. The Balaban J connectivity index is 1.89. The standard InChI is InChI=1S/C18H16BrN4O/c1-11-7-13(18(20)24)5-6-16(11)22-15-4-2-3-12(8-15)17-14(9-19)10-21-23-17/h2-8,10,20,22H,9H2,1H3,(H,21,23). The van der Waals surface area contributed by atoms with Gasteiger partial charge in [-0.25, -0.2) is 0 Å². The highest BCUT2D eigenvalue weighted by atomic mass is 79.9. The normalized spacial score (nSPS) is 10.6. The summed E-state index contributed by atoms with van der Waals surface area (Å²) >= 11 is 3.47. The first-order chi connectivity index (χ1) is 11.6. The van der Waals surface area contributed by atoms with Crippen molar-refractivity contribution in [2.75, 3.05) is 5.32 Å². The van der Waals surface area contributed by atoms with Gasteiger partial charge in [0.05, 0.1) is 5.69 Å². The van der Waals surface area contributed by atoms with E-state index in [9.17, 15) is 4.79 Å². The van der Waals surface area contributed by atoms with Crippen molar-refractivity contribution in [2.45, 2.75) is 12.3 Å². The van der Waals surface area contributed by atoms with E-state index in [0.717, 1.165) is 39.1 Å². The van der Waals surface area contributed by atoms with Crippen LogP contribution in [0.1, 0.15) is 21.5 Å². The number of amides is 1. The van der Waals surface area contributed by atoms with Gasteiger partial charge in [0.2, 0.25) is 0 Å². The molecule has 0 unspecified atom stereocenters. The molecular weight excluding hydrogens is 368 g/mol. The lowest BCUT2D eigenvalue weighted by atomic mass is 10.1. The van der Waals surface area contributed by atoms with Crippen LogP contribution in [-0.2, 0) is 5.33 Å². The molecule has 2 aromatic carbocycles. The van der Waals surface area contributed by atoms with Gasteiger partial charge in [-0.15, -0.1) is 0 Å². The molecule has 3 aromatic rings. The minimum atomic E-state index is -0.674. The van der Waals surface area contributed by atoms with Gasteiger partial charge in [-0.05, 0) is 42.8 Å². The van der Waals surface area contributed by atoms with Gasteiger partial charge in [-0.1, -0.05) is 28.1 Å². The van der Waals surface area contributed by atoms with Crippen LogP contribution in [0.4, 0.5) is 11.4 Å². The van der Waals surface area contributed by atoms with E-state index < -0.39 is 5.91 Å². The minimum absolute atomic E-state index is 0.394. The maximum atomic E-state index is 11.1. The third kappa shape index (κ3) is 3.33. The number of aryl methyl sites for hydroxylation is 1. The molecule has 24 heavy (non-hydrogen) atoms. The number of alkyl halides is 1. The maximum absolute atomic E-state index is 11.1. The predicted octanol–water partition coefficient (Wildman–Crippen LogP) is 4.45. The summed E-state index contributed by atoms with van der Waals surface area (Å²) in [4.78, 5) is 11.1. The van der Waals surface area contributed by atoms with Gasteiger partial charge < -0.3 is 5.32 Å². The highest BCUT2D eigenvalue weighted by molar-refractivity contribution is 9.08. The molecule has 1 heterocycles. The minimum Gasteiger partial charge on any atom is -0.355 e.